The molecule has 0 fully saturated rings. The summed E-state index contributed by atoms with van der Waals surface area (Å²) in [4.78, 5) is 34.1. The Morgan fingerprint density at radius 1 is 1.35 bits per heavy atom. The highest BCUT2D eigenvalue weighted by Crippen LogP contribution is 2.20. The molecule has 114 valence electrons. The van der Waals surface area contributed by atoms with Gasteiger partial charge in [-0.15, -0.1) is 0 Å². The summed E-state index contributed by atoms with van der Waals surface area (Å²) in [6.07, 6.45) is 5.12. The van der Waals surface area contributed by atoms with Crippen LogP contribution in [0, 0.1) is 6.92 Å². The van der Waals surface area contributed by atoms with Gasteiger partial charge in [-0.1, -0.05) is 0 Å². The number of carbonyl (C=O) groups is 1. The van der Waals surface area contributed by atoms with Crippen LogP contribution in [0.25, 0.3) is 22.4 Å². The molecule has 0 aliphatic carbocycles. The molecule has 4 rings (SSSR count). The van der Waals surface area contributed by atoms with Gasteiger partial charge in [-0.3, -0.25) is 9.20 Å². The molecule has 0 saturated carbocycles. The smallest absolute Gasteiger partial charge is 0.356 e. The van der Waals surface area contributed by atoms with E-state index in [1.165, 1.54) is 0 Å². The normalized spacial score (nSPS) is 11.3. The van der Waals surface area contributed by atoms with E-state index in [1.807, 2.05) is 16.7 Å². The van der Waals surface area contributed by atoms with Crippen LogP contribution in [-0.2, 0) is 0 Å². The van der Waals surface area contributed by atoms with E-state index in [4.69, 9.17) is 0 Å². The van der Waals surface area contributed by atoms with Crippen LogP contribution < -0.4 is 5.56 Å². The van der Waals surface area contributed by atoms with Gasteiger partial charge in [0.1, 0.15) is 0 Å². The fourth-order valence-electron chi connectivity index (χ4n) is 2.71. The number of carboxylic acid groups (broad SMARTS) is 1. The van der Waals surface area contributed by atoms with E-state index >= 15 is 0 Å². The predicted molar refractivity (Wildman–Crippen MR) is 82.1 cm³/mol. The number of aromatic carboxylic acids is 1. The molecule has 3 heterocycles. The first-order valence-electron chi connectivity index (χ1n) is 6.83. The Bertz CT molecular complexity index is 1120. The number of carboxylic acids is 1. The standard InChI is InChI=1S/C15H11N5O3/c1-8-12(15(22)23)18-13-14(21)17-10-3-2-9(6-11(10)20(8)13)19-5-4-16-7-19/h2-7H,1H3,(H,17,21)(H,22,23). The second-order valence-corrected chi connectivity index (χ2v) is 5.14. The number of nitrogens with one attached hydrogen (secondary N) is 1. The van der Waals surface area contributed by atoms with Crippen LogP contribution in [0.4, 0.5) is 0 Å². The maximum atomic E-state index is 12.1. The van der Waals surface area contributed by atoms with Crippen LogP contribution in [0.5, 0.6) is 0 Å². The van der Waals surface area contributed by atoms with Gasteiger partial charge in [0.05, 0.1) is 23.1 Å². The molecule has 0 saturated heterocycles. The SMILES string of the molecule is Cc1c(C(=O)O)nc2c(=O)[nH]c3ccc(-n4ccnc4)cc3n12. The molecule has 0 aliphatic rings. The molecule has 0 radical (unpaired) electrons. The van der Waals surface area contributed by atoms with E-state index in [2.05, 4.69) is 15.0 Å². The Balaban J connectivity index is 2.15. The van der Waals surface area contributed by atoms with E-state index in [9.17, 15) is 14.7 Å². The zero-order chi connectivity index (χ0) is 16.1. The van der Waals surface area contributed by atoms with Gasteiger partial charge in [0.15, 0.2) is 5.69 Å². The monoisotopic (exact) mass is 309 g/mol. The van der Waals surface area contributed by atoms with Crippen molar-refractivity contribution >= 4 is 22.6 Å². The van der Waals surface area contributed by atoms with Gasteiger partial charge in [0.25, 0.3) is 5.56 Å². The number of nitrogens with zero attached hydrogens (tertiary/aromatic N) is 4. The lowest BCUT2D eigenvalue weighted by atomic mass is 10.2. The second kappa shape index (κ2) is 4.54. The summed E-state index contributed by atoms with van der Waals surface area (Å²) in [5, 5.41) is 9.23. The lowest BCUT2D eigenvalue weighted by Crippen LogP contribution is -2.11. The number of aryl methyl sites for hydroxylation is 1. The number of H-pyrrole nitrogens is 1. The van der Waals surface area contributed by atoms with Crippen molar-refractivity contribution in [2.24, 2.45) is 0 Å². The summed E-state index contributed by atoms with van der Waals surface area (Å²) in [6, 6.07) is 5.46. The average Bonchev–Trinajstić information content (AvgIpc) is 3.15. The Morgan fingerprint density at radius 3 is 2.87 bits per heavy atom. The van der Waals surface area contributed by atoms with Crippen LogP contribution in [0.3, 0.4) is 0 Å². The number of aromatic nitrogens is 5. The van der Waals surface area contributed by atoms with Crippen molar-refractivity contribution in [3.8, 4) is 5.69 Å². The molecule has 2 N–H and O–H groups in total. The molecular weight excluding hydrogens is 298 g/mol. The predicted octanol–water partition coefficient (Wildman–Crippen LogP) is 1.37. The Labute approximate surface area is 128 Å². The van der Waals surface area contributed by atoms with Gasteiger partial charge in [-0.25, -0.2) is 14.8 Å². The van der Waals surface area contributed by atoms with Gasteiger partial charge < -0.3 is 14.7 Å². The molecule has 1 aromatic carbocycles. The number of fused-ring (bicyclic) bond motifs is 3. The van der Waals surface area contributed by atoms with Crippen molar-refractivity contribution in [3.05, 3.63) is 58.7 Å². The van der Waals surface area contributed by atoms with Crippen molar-refractivity contribution in [1.82, 2.24) is 23.9 Å². The van der Waals surface area contributed by atoms with Gasteiger partial charge in [-0.05, 0) is 25.1 Å². The Hall–Kier alpha value is -3.42. The van der Waals surface area contributed by atoms with Crippen LogP contribution in [0.1, 0.15) is 16.2 Å². The van der Waals surface area contributed by atoms with Gasteiger partial charge >= 0.3 is 5.97 Å². The largest absolute Gasteiger partial charge is 0.476 e. The van der Waals surface area contributed by atoms with E-state index in [1.54, 1.807) is 36.1 Å². The fourth-order valence-corrected chi connectivity index (χ4v) is 2.71. The number of hydrogen-bond donors (Lipinski definition) is 2. The number of imidazole rings is 2. The van der Waals surface area contributed by atoms with Crippen LogP contribution in [0.15, 0.2) is 41.7 Å². The van der Waals surface area contributed by atoms with Crippen molar-refractivity contribution in [2.75, 3.05) is 0 Å². The minimum absolute atomic E-state index is 0.0650. The maximum Gasteiger partial charge on any atom is 0.356 e. The van der Waals surface area contributed by atoms with Gasteiger partial charge in [-0.2, -0.15) is 0 Å². The third kappa shape index (κ3) is 1.85. The summed E-state index contributed by atoms with van der Waals surface area (Å²) in [5.41, 5.74) is 2.03. The van der Waals surface area contributed by atoms with Crippen LogP contribution >= 0.6 is 0 Å². The molecule has 0 aliphatic heterocycles. The fraction of sp³-hybridized carbons (Fsp3) is 0.0667. The van der Waals surface area contributed by atoms with Gasteiger partial charge in [0, 0.05) is 18.1 Å². The van der Waals surface area contributed by atoms with Crippen molar-refractivity contribution in [2.45, 2.75) is 6.92 Å². The first-order chi connectivity index (χ1) is 11.1. The Morgan fingerprint density at radius 2 is 2.17 bits per heavy atom. The van der Waals surface area contributed by atoms with Gasteiger partial charge in [0.2, 0.25) is 5.65 Å². The lowest BCUT2D eigenvalue weighted by Gasteiger charge is -2.07. The molecular formula is C15H11N5O3. The molecule has 8 nitrogen and oxygen atoms in total. The van der Waals surface area contributed by atoms with E-state index in [0.717, 1.165) is 5.69 Å². The first-order valence-corrected chi connectivity index (χ1v) is 6.83. The lowest BCUT2D eigenvalue weighted by molar-refractivity contribution is 0.0690. The quantitative estimate of drug-likeness (QED) is 0.582. The van der Waals surface area contributed by atoms with Crippen LogP contribution in [0.2, 0.25) is 0 Å². The molecule has 0 atom stereocenters. The number of aromatic amines is 1. The van der Waals surface area contributed by atoms with Crippen molar-refractivity contribution < 1.29 is 9.90 Å². The molecule has 0 unspecified atom stereocenters. The molecule has 8 heteroatoms. The summed E-state index contributed by atoms with van der Waals surface area (Å²) >= 11 is 0. The molecule has 23 heavy (non-hydrogen) atoms. The zero-order valence-corrected chi connectivity index (χ0v) is 12.0. The number of hydrogen-bond acceptors (Lipinski definition) is 4. The maximum absolute atomic E-state index is 12.1. The second-order valence-electron chi connectivity index (χ2n) is 5.14. The van der Waals surface area contributed by atoms with Crippen LogP contribution in [-0.4, -0.2) is 35.0 Å². The highest BCUT2D eigenvalue weighted by Gasteiger charge is 2.18. The zero-order valence-electron chi connectivity index (χ0n) is 12.0. The third-order valence-corrected chi connectivity index (χ3v) is 3.79. The molecule has 0 bridgehead atoms. The van der Waals surface area contributed by atoms with E-state index in [0.29, 0.717) is 16.7 Å². The minimum atomic E-state index is -1.16. The topological polar surface area (TPSA) is 105 Å². The molecule has 0 amide bonds. The first kappa shape index (κ1) is 13.3. The summed E-state index contributed by atoms with van der Waals surface area (Å²) in [5.74, 6) is -1.16. The summed E-state index contributed by atoms with van der Waals surface area (Å²) < 4.78 is 3.39. The molecule has 4 aromatic rings. The highest BCUT2D eigenvalue weighted by molar-refractivity contribution is 5.89. The average molecular weight is 309 g/mol. The number of rotatable bonds is 2. The third-order valence-electron chi connectivity index (χ3n) is 3.79. The summed E-state index contributed by atoms with van der Waals surface area (Å²) in [7, 11) is 0. The summed E-state index contributed by atoms with van der Waals surface area (Å²) in [6.45, 7) is 1.63. The van der Waals surface area contributed by atoms with Crippen molar-refractivity contribution in [3.63, 3.8) is 0 Å². The minimum Gasteiger partial charge on any atom is -0.476 e. The van der Waals surface area contributed by atoms with Crippen molar-refractivity contribution in [1.29, 1.82) is 0 Å². The van der Waals surface area contributed by atoms with E-state index in [-0.39, 0.29) is 11.3 Å². The highest BCUT2D eigenvalue weighted by atomic mass is 16.4. The Kier molecular flexibility index (Phi) is 2.61. The van der Waals surface area contributed by atoms with E-state index < -0.39 is 11.5 Å². The molecule has 3 aromatic heterocycles. The number of benzene rings is 1. The molecule has 0 spiro atoms.